The zero-order chi connectivity index (χ0) is 18.8. The van der Waals surface area contributed by atoms with Crippen molar-refractivity contribution in [1.29, 1.82) is 10.7 Å². The molecular weight excluding hydrogens is 439 g/mol. The van der Waals surface area contributed by atoms with Crippen LogP contribution < -0.4 is 5.73 Å². The van der Waals surface area contributed by atoms with Crippen molar-refractivity contribution in [2.24, 2.45) is 0 Å². The number of anilines is 1. The third kappa shape index (κ3) is 7.00. The molecule has 5 nitrogen and oxygen atoms in total. The summed E-state index contributed by atoms with van der Waals surface area (Å²) < 4.78 is 0. The molecule has 0 radical (unpaired) electrons. The van der Waals surface area contributed by atoms with Crippen LogP contribution in [-0.2, 0) is 12.8 Å². The van der Waals surface area contributed by atoms with Crippen molar-refractivity contribution in [1.82, 2.24) is 4.98 Å². The number of rotatable bonds is 1. The number of phenolic OH excluding ortho intramolecular Hbond substituents is 1. The summed E-state index contributed by atoms with van der Waals surface area (Å²) in [5.74, 6) is 0.140. The van der Waals surface area contributed by atoms with Crippen LogP contribution in [-0.4, -0.2) is 15.8 Å². The molecule has 1 aromatic carbocycles. The first-order chi connectivity index (χ1) is 12.0. The number of nitrogen functional groups attached to an aromatic ring is 1. The predicted octanol–water partition coefficient (Wildman–Crippen LogP) is 5.08. The van der Waals surface area contributed by atoms with E-state index in [9.17, 15) is 0 Å². The molecule has 26 heavy (non-hydrogen) atoms. The van der Waals surface area contributed by atoms with Crippen molar-refractivity contribution in [2.45, 2.75) is 46.5 Å². The summed E-state index contributed by atoms with van der Waals surface area (Å²) in [7, 11) is 0. The number of phenols is 1. The smallest absolute Gasteiger partial charge is 0.116 e. The molecule has 2 aromatic rings. The van der Waals surface area contributed by atoms with Crippen LogP contribution in [0.5, 0.6) is 5.75 Å². The second kappa shape index (κ2) is 12.3. The fourth-order valence-electron chi connectivity index (χ4n) is 2.52. The lowest BCUT2D eigenvalue weighted by Gasteiger charge is -2.13. The topological polar surface area (TPSA) is 107 Å². The van der Waals surface area contributed by atoms with Crippen LogP contribution in [0.25, 0.3) is 0 Å². The molecular formula is C20H29IN4O. The van der Waals surface area contributed by atoms with Gasteiger partial charge in [0.05, 0.1) is 5.56 Å². The fourth-order valence-corrected chi connectivity index (χ4v) is 2.52. The molecule has 0 unspecified atom stereocenters. The molecule has 1 aliphatic carbocycles. The highest BCUT2D eigenvalue weighted by Crippen LogP contribution is 2.19. The van der Waals surface area contributed by atoms with Crippen LogP contribution in [0, 0.1) is 16.7 Å². The molecule has 1 heterocycles. The summed E-state index contributed by atoms with van der Waals surface area (Å²) in [5.41, 5.74) is 10.2. The number of nitriles is 1. The van der Waals surface area contributed by atoms with Gasteiger partial charge < -0.3 is 16.2 Å². The van der Waals surface area contributed by atoms with E-state index in [4.69, 9.17) is 21.5 Å². The number of fused-ring (bicyclic) bond motifs is 1. The highest BCUT2D eigenvalue weighted by atomic mass is 127. The summed E-state index contributed by atoms with van der Waals surface area (Å²) >= 11 is 0. The Hall–Kier alpha value is -2.14. The van der Waals surface area contributed by atoms with Crippen LogP contribution in [0.15, 0.2) is 30.5 Å². The van der Waals surface area contributed by atoms with Gasteiger partial charge in [-0.15, -0.1) is 24.0 Å². The lowest BCUT2D eigenvalue weighted by Crippen LogP contribution is -2.05. The lowest BCUT2D eigenvalue weighted by molar-refractivity contribution is 0.475. The van der Waals surface area contributed by atoms with E-state index in [1.807, 2.05) is 19.9 Å². The van der Waals surface area contributed by atoms with E-state index in [-0.39, 0.29) is 31.2 Å². The maximum Gasteiger partial charge on any atom is 0.116 e. The molecule has 0 amide bonds. The van der Waals surface area contributed by atoms with E-state index in [1.54, 1.807) is 19.2 Å². The zero-order valence-electron chi connectivity index (χ0n) is 15.5. The van der Waals surface area contributed by atoms with Gasteiger partial charge in [0.15, 0.2) is 0 Å². The Balaban J connectivity index is 0. The number of hydrogen-bond acceptors (Lipinski definition) is 5. The SMILES string of the molecule is CC.CC(=N)c1cc(O)ccc1N.I.N#Cc1cnc2c(c1)CCCC2.[HH]. The summed E-state index contributed by atoms with van der Waals surface area (Å²) in [6.45, 7) is 5.63. The molecule has 6 heteroatoms. The fraction of sp³-hybridized carbons (Fsp3) is 0.350. The first kappa shape index (κ1) is 23.9. The van der Waals surface area contributed by atoms with Crippen molar-refractivity contribution >= 4 is 35.4 Å². The largest absolute Gasteiger partial charge is 0.508 e. The third-order valence-electron chi connectivity index (χ3n) is 3.74. The van der Waals surface area contributed by atoms with Gasteiger partial charge in [-0.2, -0.15) is 5.26 Å². The van der Waals surface area contributed by atoms with Crippen molar-refractivity contribution < 1.29 is 6.53 Å². The molecule has 0 atom stereocenters. The minimum absolute atomic E-state index is 0. The van der Waals surface area contributed by atoms with Crippen LogP contribution in [0.2, 0.25) is 0 Å². The van der Waals surface area contributed by atoms with Gasteiger partial charge in [0.2, 0.25) is 0 Å². The Morgan fingerprint density at radius 3 is 2.50 bits per heavy atom. The summed E-state index contributed by atoms with van der Waals surface area (Å²) in [4.78, 5) is 4.27. The zero-order valence-corrected chi connectivity index (χ0v) is 17.9. The number of aryl methyl sites for hydroxylation is 2. The van der Waals surface area contributed by atoms with Gasteiger partial charge in [-0.3, -0.25) is 4.98 Å². The van der Waals surface area contributed by atoms with Crippen LogP contribution in [0.3, 0.4) is 0 Å². The molecule has 0 aliphatic heterocycles. The Bertz CT molecular complexity index is 775. The molecule has 0 bridgehead atoms. The maximum absolute atomic E-state index is 9.03. The quantitative estimate of drug-likeness (QED) is 0.235. The van der Waals surface area contributed by atoms with Gasteiger partial charge in [-0.05, 0) is 62.4 Å². The van der Waals surface area contributed by atoms with Gasteiger partial charge in [-0.1, -0.05) is 13.8 Å². The highest BCUT2D eigenvalue weighted by Gasteiger charge is 2.10. The minimum Gasteiger partial charge on any atom is -0.508 e. The number of hydrogen-bond donors (Lipinski definition) is 3. The number of halogens is 1. The average molecular weight is 468 g/mol. The van der Waals surface area contributed by atoms with E-state index < -0.39 is 0 Å². The number of nitrogens with one attached hydrogen (secondary N) is 1. The molecule has 142 valence electrons. The minimum atomic E-state index is 0. The highest BCUT2D eigenvalue weighted by molar-refractivity contribution is 14.0. The third-order valence-corrected chi connectivity index (χ3v) is 3.74. The first-order valence-electron chi connectivity index (χ1n) is 8.53. The summed E-state index contributed by atoms with van der Waals surface area (Å²) in [5, 5.41) is 25.0. The molecule has 0 fully saturated rings. The maximum atomic E-state index is 9.03. The molecule has 4 N–H and O–H groups in total. The van der Waals surface area contributed by atoms with Crippen LogP contribution in [0.4, 0.5) is 5.69 Å². The molecule has 3 rings (SSSR count). The van der Waals surface area contributed by atoms with Crippen molar-refractivity contribution in [3.05, 3.63) is 52.8 Å². The second-order valence-electron chi connectivity index (χ2n) is 5.55. The lowest BCUT2D eigenvalue weighted by atomic mass is 9.95. The standard InChI is InChI=1S/C10H10N2.C8H10N2O.C2H6.HI.H2/c11-6-8-5-9-3-1-2-4-10(9)12-7-8;1-5(9)7-4-6(11)2-3-8(7)10;1-2;;/h5,7H,1-4H2;2-4,9,11H,10H2,1H3;1-2H3;2*1H. The number of benzene rings is 1. The summed E-state index contributed by atoms with van der Waals surface area (Å²) in [6, 6.07) is 8.66. The number of aromatic nitrogens is 1. The molecule has 0 saturated heterocycles. The van der Waals surface area contributed by atoms with E-state index in [1.165, 1.54) is 36.2 Å². The Morgan fingerprint density at radius 1 is 1.27 bits per heavy atom. The Labute approximate surface area is 174 Å². The number of nitrogens with two attached hydrogens (primary N) is 1. The van der Waals surface area contributed by atoms with Crippen LogP contribution in [0.1, 0.15) is 57.4 Å². The van der Waals surface area contributed by atoms with E-state index in [0.717, 1.165) is 12.8 Å². The average Bonchev–Trinajstić information content (AvgIpc) is 2.65. The van der Waals surface area contributed by atoms with Crippen LogP contribution >= 0.6 is 24.0 Å². The normalized spacial score (nSPS) is 11.2. The summed E-state index contributed by atoms with van der Waals surface area (Å²) in [6.07, 6.45) is 6.33. The van der Waals surface area contributed by atoms with Gasteiger partial charge in [0, 0.05) is 30.3 Å². The van der Waals surface area contributed by atoms with E-state index in [0.29, 0.717) is 22.5 Å². The first-order valence-corrected chi connectivity index (χ1v) is 8.53. The second-order valence-corrected chi connectivity index (χ2v) is 5.55. The molecule has 0 saturated carbocycles. The van der Waals surface area contributed by atoms with Gasteiger partial charge in [0.25, 0.3) is 0 Å². The Morgan fingerprint density at radius 2 is 1.92 bits per heavy atom. The van der Waals surface area contributed by atoms with E-state index >= 15 is 0 Å². The molecule has 1 aromatic heterocycles. The van der Waals surface area contributed by atoms with E-state index in [2.05, 4.69) is 11.1 Å². The van der Waals surface area contributed by atoms with Crippen molar-refractivity contribution in [2.75, 3.05) is 5.73 Å². The number of pyridine rings is 1. The predicted molar refractivity (Wildman–Crippen MR) is 119 cm³/mol. The van der Waals surface area contributed by atoms with Crippen molar-refractivity contribution in [3.63, 3.8) is 0 Å². The molecule has 1 aliphatic rings. The Kier molecular flexibility index (Phi) is 11.2. The molecule has 0 spiro atoms. The van der Waals surface area contributed by atoms with Gasteiger partial charge >= 0.3 is 0 Å². The number of aromatic hydroxyl groups is 1. The van der Waals surface area contributed by atoms with Crippen molar-refractivity contribution in [3.8, 4) is 11.8 Å². The van der Waals surface area contributed by atoms with Gasteiger partial charge in [-0.25, -0.2) is 0 Å². The number of nitrogens with zero attached hydrogens (tertiary/aromatic N) is 2. The van der Waals surface area contributed by atoms with Gasteiger partial charge in [0.1, 0.15) is 11.8 Å². The monoisotopic (exact) mass is 468 g/mol.